The van der Waals surface area contributed by atoms with Crippen LogP contribution in [-0.2, 0) is 4.74 Å². The Labute approximate surface area is 125 Å². The van der Waals surface area contributed by atoms with Gasteiger partial charge in [-0.15, -0.1) is 0 Å². The summed E-state index contributed by atoms with van der Waals surface area (Å²) in [6.07, 6.45) is -6.14. The molecule has 0 radical (unpaired) electrons. The van der Waals surface area contributed by atoms with E-state index in [1.165, 1.54) is 0 Å². The number of nitrogens with zero attached hydrogens (tertiary/aromatic N) is 4. The van der Waals surface area contributed by atoms with Crippen LogP contribution < -0.4 is 4.90 Å². The predicted molar refractivity (Wildman–Crippen MR) is 75.2 cm³/mol. The molecule has 0 saturated carbocycles. The molecular weight excluding hydrogens is 297 g/mol. The van der Waals surface area contributed by atoms with Gasteiger partial charge in [-0.2, -0.15) is 22.8 Å². The molecular formula is C14H17F3N4O. The minimum Gasteiger partial charge on any atom is -0.365 e. The van der Waals surface area contributed by atoms with Gasteiger partial charge >= 0.3 is 6.18 Å². The first-order valence-corrected chi connectivity index (χ1v) is 7.04. The van der Waals surface area contributed by atoms with Crippen LogP contribution in [0.15, 0.2) is 6.07 Å². The van der Waals surface area contributed by atoms with Crippen molar-refractivity contribution in [1.82, 2.24) is 14.6 Å². The number of anilines is 1. The fraction of sp³-hybridized carbons (Fsp3) is 0.571. The molecule has 1 unspecified atom stereocenters. The molecule has 1 aliphatic rings. The van der Waals surface area contributed by atoms with Gasteiger partial charge in [0, 0.05) is 23.9 Å². The van der Waals surface area contributed by atoms with E-state index in [0.29, 0.717) is 18.0 Å². The molecule has 0 bridgehead atoms. The molecule has 0 amide bonds. The lowest BCUT2D eigenvalue weighted by Gasteiger charge is -2.35. The topological polar surface area (TPSA) is 42.7 Å². The standard InChI is InChI=1S/C14H17F3N4O/c1-8-6-12(21-13(18-8)9(2)10(3)19-21)20-4-5-22-11(7-20)14(15,16)17/h6,11H,4-5,7H2,1-3H3. The minimum absolute atomic E-state index is 0.0340. The van der Waals surface area contributed by atoms with Gasteiger partial charge in [0.25, 0.3) is 0 Å². The lowest BCUT2D eigenvalue weighted by Crippen LogP contribution is -2.49. The second-order valence-electron chi connectivity index (χ2n) is 5.55. The average molecular weight is 314 g/mol. The number of morpholine rings is 1. The molecule has 3 heterocycles. The zero-order valence-corrected chi connectivity index (χ0v) is 12.6. The summed E-state index contributed by atoms with van der Waals surface area (Å²) in [6.45, 7) is 5.79. The van der Waals surface area contributed by atoms with Crippen LogP contribution in [0.4, 0.5) is 19.0 Å². The van der Waals surface area contributed by atoms with E-state index < -0.39 is 12.3 Å². The maximum Gasteiger partial charge on any atom is 0.416 e. The Kier molecular flexibility index (Phi) is 3.51. The van der Waals surface area contributed by atoms with Gasteiger partial charge < -0.3 is 9.64 Å². The summed E-state index contributed by atoms with van der Waals surface area (Å²) in [6, 6.07) is 1.76. The highest BCUT2D eigenvalue weighted by Gasteiger charge is 2.43. The number of hydrogen-bond donors (Lipinski definition) is 0. The van der Waals surface area contributed by atoms with Gasteiger partial charge in [-0.05, 0) is 20.8 Å². The van der Waals surface area contributed by atoms with Gasteiger partial charge in [-0.1, -0.05) is 0 Å². The van der Waals surface area contributed by atoms with Crippen LogP contribution in [0.2, 0.25) is 0 Å². The summed E-state index contributed by atoms with van der Waals surface area (Å²) < 4.78 is 45.2. The number of hydrogen-bond acceptors (Lipinski definition) is 4. The molecule has 1 fully saturated rings. The first-order valence-electron chi connectivity index (χ1n) is 7.04. The fourth-order valence-corrected chi connectivity index (χ4v) is 2.61. The Morgan fingerprint density at radius 2 is 2.00 bits per heavy atom. The molecule has 5 nitrogen and oxygen atoms in total. The van der Waals surface area contributed by atoms with E-state index in [4.69, 9.17) is 4.74 Å². The Balaban J connectivity index is 2.04. The molecule has 2 aromatic rings. The van der Waals surface area contributed by atoms with Crippen molar-refractivity contribution in [3.8, 4) is 0 Å². The first kappa shape index (κ1) is 15.1. The summed E-state index contributed by atoms with van der Waals surface area (Å²) in [5, 5.41) is 4.41. The van der Waals surface area contributed by atoms with E-state index >= 15 is 0 Å². The number of rotatable bonds is 1. The molecule has 120 valence electrons. The molecule has 22 heavy (non-hydrogen) atoms. The highest BCUT2D eigenvalue weighted by molar-refractivity contribution is 5.57. The van der Waals surface area contributed by atoms with Crippen LogP contribution in [-0.4, -0.2) is 46.6 Å². The highest BCUT2D eigenvalue weighted by atomic mass is 19.4. The molecule has 0 N–H and O–H groups in total. The summed E-state index contributed by atoms with van der Waals surface area (Å²) in [7, 11) is 0. The van der Waals surface area contributed by atoms with E-state index in [-0.39, 0.29) is 13.2 Å². The van der Waals surface area contributed by atoms with Crippen molar-refractivity contribution in [3.63, 3.8) is 0 Å². The third kappa shape index (κ3) is 2.51. The zero-order chi connectivity index (χ0) is 16.1. The number of ether oxygens (including phenoxy) is 1. The molecule has 0 aromatic carbocycles. The highest BCUT2D eigenvalue weighted by Crippen LogP contribution is 2.29. The van der Waals surface area contributed by atoms with Crippen molar-refractivity contribution < 1.29 is 17.9 Å². The Morgan fingerprint density at radius 3 is 2.68 bits per heavy atom. The molecule has 2 aromatic heterocycles. The average Bonchev–Trinajstić information content (AvgIpc) is 2.73. The van der Waals surface area contributed by atoms with E-state index in [9.17, 15) is 13.2 Å². The fourth-order valence-electron chi connectivity index (χ4n) is 2.61. The smallest absolute Gasteiger partial charge is 0.365 e. The normalized spacial score (nSPS) is 19.9. The van der Waals surface area contributed by atoms with Crippen LogP contribution in [0.1, 0.15) is 17.0 Å². The number of halogens is 3. The van der Waals surface area contributed by atoms with E-state index in [1.807, 2.05) is 20.8 Å². The largest absolute Gasteiger partial charge is 0.416 e. The maximum atomic E-state index is 12.9. The molecule has 0 spiro atoms. The van der Waals surface area contributed by atoms with Crippen LogP contribution >= 0.6 is 0 Å². The quantitative estimate of drug-likeness (QED) is 0.811. The van der Waals surface area contributed by atoms with E-state index in [1.54, 1.807) is 15.5 Å². The predicted octanol–water partition coefficient (Wildman–Crippen LogP) is 2.42. The molecule has 1 saturated heterocycles. The Morgan fingerprint density at radius 1 is 1.27 bits per heavy atom. The third-order valence-electron chi connectivity index (χ3n) is 3.92. The van der Waals surface area contributed by atoms with Crippen molar-refractivity contribution in [2.24, 2.45) is 0 Å². The zero-order valence-electron chi connectivity index (χ0n) is 12.6. The van der Waals surface area contributed by atoms with Gasteiger partial charge in [-0.25, -0.2) is 4.98 Å². The second-order valence-corrected chi connectivity index (χ2v) is 5.55. The van der Waals surface area contributed by atoms with Crippen molar-refractivity contribution in [2.75, 3.05) is 24.6 Å². The van der Waals surface area contributed by atoms with Crippen LogP contribution in [0, 0.1) is 20.8 Å². The van der Waals surface area contributed by atoms with Crippen molar-refractivity contribution >= 4 is 11.5 Å². The van der Waals surface area contributed by atoms with Crippen LogP contribution in [0.25, 0.3) is 5.65 Å². The van der Waals surface area contributed by atoms with Crippen molar-refractivity contribution in [1.29, 1.82) is 0 Å². The van der Waals surface area contributed by atoms with Gasteiger partial charge in [0.1, 0.15) is 5.82 Å². The van der Waals surface area contributed by atoms with Gasteiger partial charge in [0.05, 0.1) is 18.8 Å². The summed E-state index contributed by atoms with van der Waals surface area (Å²) in [5.74, 6) is 0.622. The number of alkyl halides is 3. The molecule has 3 rings (SSSR count). The summed E-state index contributed by atoms with van der Waals surface area (Å²) >= 11 is 0. The Hall–Kier alpha value is -1.83. The second kappa shape index (κ2) is 5.12. The molecule has 1 atom stereocenters. The first-order chi connectivity index (χ1) is 10.3. The number of aryl methyl sites for hydroxylation is 3. The minimum atomic E-state index is -4.37. The number of aromatic nitrogens is 3. The molecule has 1 aliphatic heterocycles. The SMILES string of the molecule is Cc1cc(N2CCOC(C(F)(F)F)C2)n2nc(C)c(C)c2n1. The van der Waals surface area contributed by atoms with Gasteiger partial charge in [0.2, 0.25) is 0 Å². The van der Waals surface area contributed by atoms with Crippen LogP contribution in [0.5, 0.6) is 0 Å². The van der Waals surface area contributed by atoms with Gasteiger partial charge in [-0.3, -0.25) is 0 Å². The summed E-state index contributed by atoms with van der Waals surface area (Å²) in [4.78, 5) is 6.10. The Bertz CT molecular complexity index is 710. The van der Waals surface area contributed by atoms with Crippen LogP contribution in [0.3, 0.4) is 0 Å². The van der Waals surface area contributed by atoms with Gasteiger partial charge in [0.15, 0.2) is 11.8 Å². The van der Waals surface area contributed by atoms with E-state index in [2.05, 4.69) is 10.1 Å². The third-order valence-corrected chi connectivity index (χ3v) is 3.92. The number of fused-ring (bicyclic) bond motifs is 1. The van der Waals surface area contributed by atoms with E-state index in [0.717, 1.165) is 17.0 Å². The molecule has 8 heteroatoms. The van der Waals surface area contributed by atoms with Crippen molar-refractivity contribution in [3.05, 3.63) is 23.0 Å². The lowest BCUT2D eigenvalue weighted by molar-refractivity contribution is -0.221. The van der Waals surface area contributed by atoms with Crippen molar-refractivity contribution in [2.45, 2.75) is 33.1 Å². The maximum absolute atomic E-state index is 12.9. The molecule has 0 aliphatic carbocycles. The summed E-state index contributed by atoms with van der Waals surface area (Å²) in [5.41, 5.74) is 3.19. The lowest BCUT2D eigenvalue weighted by atomic mass is 10.2. The monoisotopic (exact) mass is 314 g/mol.